The number of aromatic hydroxyl groups is 1. The summed E-state index contributed by atoms with van der Waals surface area (Å²) >= 11 is 3.26. The van der Waals surface area contributed by atoms with Crippen molar-refractivity contribution in [1.82, 2.24) is 10.6 Å². The largest absolute Gasteiger partial charge is 0.503 e. The number of ether oxygens (including phenoxy) is 2. The third kappa shape index (κ3) is 4.07. The molecule has 7 nitrogen and oxygen atoms in total. The van der Waals surface area contributed by atoms with Crippen LogP contribution in [0.4, 0.5) is 4.79 Å². The Kier molecular flexibility index (Phi) is 6.30. The Balaban J connectivity index is 2.59. The summed E-state index contributed by atoms with van der Waals surface area (Å²) < 4.78 is 10.7. The highest BCUT2D eigenvalue weighted by molar-refractivity contribution is 9.10. The first kappa shape index (κ1) is 19.1. The van der Waals surface area contributed by atoms with Gasteiger partial charge in [-0.05, 0) is 47.0 Å². The SMILES string of the molecule is CCCC1=C(C(=O)OCC)C(c2cc(Br)c(O)c(OC)c2)NC(=O)N1. The van der Waals surface area contributed by atoms with Gasteiger partial charge in [0.05, 0.1) is 29.8 Å². The lowest BCUT2D eigenvalue weighted by Gasteiger charge is -2.29. The number of hydrogen-bond acceptors (Lipinski definition) is 5. The Bertz CT molecular complexity index is 717. The number of esters is 1. The van der Waals surface area contributed by atoms with E-state index in [-0.39, 0.29) is 18.1 Å². The molecule has 1 aromatic rings. The molecule has 0 fully saturated rings. The molecule has 8 heteroatoms. The molecule has 1 heterocycles. The number of allylic oxidation sites excluding steroid dienone is 1. The fourth-order valence-corrected chi connectivity index (χ4v) is 3.14. The zero-order chi connectivity index (χ0) is 18.6. The lowest BCUT2D eigenvalue weighted by atomic mass is 9.93. The molecule has 1 unspecified atom stereocenters. The number of carbonyl (C=O) groups is 2. The zero-order valence-corrected chi connectivity index (χ0v) is 15.9. The number of carbonyl (C=O) groups excluding carboxylic acids is 2. The number of rotatable bonds is 6. The van der Waals surface area contributed by atoms with E-state index in [1.807, 2.05) is 6.92 Å². The van der Waals surface area contributed by atoms with Gasteiger partial charge in [0.25, 0.3) is 0 Å². The van der Waals surface area contributed by atoms with Crippen LogP contribution in [-0.4, -0.2) is 30.8 Å². The minimum absolute atomic E-state index is 0.0537. The van der Waals surface area contributed by atoms with E-state index in [1.165, 1.54) is 7.11 Å². The van der Waals surface area contributed by atoms with Crippen LogP contribution in [0, 0.1) is 0 Å². The quantitative estimate of drug-likeness (QED) is 0.623. The predicted molar refractivity (Wildman–Crippen MR) is 95.3 cm³/mol. The molecule has 1 aliphatic heterocycles. The van der Waals surface area contributed by atoms with Crippen molar-refractivity contribution in [2.45, 2.75) is 32.7 Å². The lowest BCUT2D eigenvalue weighted by molar-refractivity contribution is -0.139. The van der Waals surface area contributed by atoms with Crippen molar-refractivity contribution in [3.63, 3.8) is 0 Å². The van der Waals surface area contributed by atoms with Crippen LogP contribution < -0.4 is 15.4 Å². The van der Waals surface area contributed by atoms with E-state index in [0.717, 1.165) is 6.42 Å². The summed E-state index contributed by atoms with van der Waals surface area (Å²) in [4.78, 5) is 24.6. The lowest BCUT2D eigenvalue weighted by Crippen LogP contribution is -2.46. The number of urea groups is 1. The van der Waals surface area contributed by atoms with Crippen LogP contribution >= 0.6 is 15.9 Å². The van der Waals surface area contributed by atoms with Crippen molar-refractivity contribution < 1.29 is 24.2 Å². The highest BCUT2D eigenvalue weighted by Crippen LogP contribution is 2.39. The molecule has 3 N–H and O–H groups in total. The molecule has 0 bridgehead atoms. The van der Waals surface area contributed by atoms with E-state index in [1.54, 1.807) is 19.1 Å². The van der Waals surface area contributed by atoms with Crippen LogP contribution in [-0.2, 0) is 9.53 Å². The van der Waals surface area contributed by atoms with Crippen LogP contribution in [0.2, 0.25) is 0 Å². The number of nitrogens with one attached hydrogen (secondary N) is 2. The Labute approximate surface area is 154 Å². The number of methoxy groups -OCH3 is 1. The number of phenols is 1. The Hall–Kier alpha value is -2.22. The predicted octanol–water partition coefficient (Wildman–Crippen LogP) is 3.13. The van der Waals surface area contributed by atoms with Gasteiger partial charge in [0, 0.05) is 5.70 Å². The monoisotopic (exact) mass is 412 g/mol. The number of amides is 2. The standard InChI is InChI=1S/C17H21BrN2O5/c1-4-6-11-13(16(22)25-5-2)14(20-17(23)19-11)9-7-10(18)15(21)12(8-9)24-3/h7-8,14,21H,4-6H2,1-3H3,(H2,19,20,23). The topological polar surface area (TPSA) is 96.9 Å². The van der Waals surface area contributed by atoms with Gasteiger partial charge in [0.1, 0.15) is 0 Å². The summed E-state index contributed by atoms with van der Waals surface area (Å²) in [5, 5.41) is 15.4. The van der Waals surface area contributed by atoms with E-state index in [0.29, 0.717) is 27.7 Å². The van der Waals surface area contributed by atoms with Gasteiger partial charge < -0.3 is 25.2 Å². The van der Waals surface area contributed by atoms with Gasteiger partial charge in [0.15, 0.2) is 11.5 Å². The van der Waals surface area contributed by atoms with Crippen LogP contribution in [0.5, 0.6) is 11.5 Å². The molecule has 1 atom stereocenters. The van der Waals surface area contributed by atoms with Gasteiger partial charge >= 0.3 is 12.0 Å². The van der Waals surface area contributed by atoms with E-state index in [4.69, 9.17) is 9.47 Å². The first-order chi connectivity index (χ1) is 11.9. The first-order valence-corrected chi connectivity index (χ1v) is 8.76. The van der Waals surface area contributed by atoms with Gasteiger partial charge in [-0.25, -0.2) is 9.59 Å². The Morgan fingerprint density at radius 2 is 2.08 bits per heavy atom. The molecule has 0 saturated carbocycles. The number of phenolic OH excluding ortho intramolecular Hbond substituents is 1. The summed E-state index contributed by atoms with van der Waals surface area (Å²) in [6.07, 6.45) is 1.29. The van der Waals surface area contributed by atoms with Gasteiger partial charge in [-0.3, -0.25) is 0 Å². The molecule has 0 spiro atoms. The van der Waals surface area contributed by atoms with E-state index in [2.05, 4.69) is 26.6 Å². The molecular formula is C17H21BrN2O5. The summed E-state index contributed by atoms with van der Waals surface area (Å²) in [5.74, 6) is -0.314. The fraction of sp³-hybridized carbons (Fsp3) is 0.412. The number of halogens is 1. The van der Waals surface area contributed by atoms with Crippen molar-refractivity contribution in [1.29, 1.82) is 0 Å². The molecule has 2 rings (SSSR count). The van der Waals surface area contributed by atoms with Crippen LogP contribution in [0.15, 0.2) is 27.9 Å². The minimum atomic E-state index is -0.708. The van der Waals surface area contributed by atoms with Crippen LogP contribution in [0.25, 0.3) is 0 Å². The van der Waals surface area contributed by atoms with Crippen molar-refractivity contribution >= 4 is 27.9 Å². The van der Waals surface area contributed by atoms with Crippen LogP contribution in [0.1, 0.15) is 38.3 Å². The summed E-state index contributed by atoms with van der Waals surface area (Å²) in [5.41, 5.74) is 1.48. The molecule has 1 aromatic carbocycles. The Morgan fingerprint density at radius 1 is 1.36 bits per heavy atom. The van der Waals surface area contributed by atoms with Crippen LogP contribution in [0.3, 0.4) is 0 Å². The van der Waals surface area contributed by atoms with Gasteiger partial charge in [-0.2, -0.15) is 0 Å². The molecule has 2 amide bonds. The third-order valence-corrected chi connectivity index (χ3v) is 4.36. The summed E-state index contributed by atoms with van der Waals surface area (Å²) in [6, 6.07) is 2.11. The molecule has 0 saturated heterocycles. The first-order valence-electron chi connectivity index (χ1n) is 7.96. The number of hydrogen-bond donors (Lipinski definition) is 3. The van der Waals surface area contributed by atoms with Gasteiger partial charge in [-0.15, -0.1) is 0 Å². The highest BCUT2D eigenvalue weighted by atomic mass is 79.9. The average molecular weight is 413 g/mol. The summed E-state index contributed by atoms with van der Waals surface area (Å²) in [6.45, 7) is 3.91. The van der Waals surface area contributed by atoms with Gasteiger partial charge in [0.2, 0.25) is 0 Å². The zero-order valence-electron chi connectivity index (χ0n) is 14.3. The molecule has 1 aliphatic rings. The third-order valence-electron chi connectivity index (χ3n) is 3.75. The number of benzene rings is 1. The molecule has 0 radical (unpaired) electrons. The molecule has 136 valence electrons. The normalized spacial score (nSPS) is 17.0. The second kappa shape index (κ2) is 8.24. The van der Waals surface area contributed by atoms with E-state index < -0.39 is 18.0 Å². The second-order valence-corrected chi connectivity index (χ2v) is 6.30. The van der Waals surface area contributed by atoms with E-state index >= 15 is 0 Å². The van der Waals surface area contributed by atoms with E-state index in [9.17, 15) is 14.7 Å². The summed E-state index contributed by atoms with van der Waals surface area (Å²) in [7, 11) is 1.43. The molecule has 0 aliphatic carbocycles. The minimum Gasteiger partial charge on any atom is -0.503 e. The van der Waals surface area contributed by atoms with Crippen molar-refractivity contribution in [2.75, 3.05) is 13.7 Å². The molecule has 0 aromatic heterocycles. The van der Waals surface area contributed by atoms with Crippen molar-refractivity contribution in [3.8, 4) is 11.5 Å². The maximum Gasteiger partial charge on any atom is 0.338 e. The van der Waals surface area contributed by atoms with Crippen molar-refractivity contribution in [2.24, 2.45) is 0 Å². The Morgan fingerprint density at radius 3 is 2.68 bits per heavy atom. The van der Waals surface area contributed by atoms with Gasteiger partial charge in [-0.1, -0.05) is 13.3 Å². The smallest absolute Gasteiger partial charge is 0.338 e. The molecule has 25 heavy (non-hydrogen) atoms. The highest BCUT2D eigenvalue weighted by Gasteiger charge is 2.34. The maximum absolute atomic E-state index is 12.5. The van der Waals surface area contributed by atoms with Crippen molar-refractivity contribution in [3.05, 3.63) is 33.4 Å². The fourth-order valence-electron chi connectivity index (χ4n) is 2.68. The average Bonchev–Trinajstić information content (AvgIpc) is 2.57. The molecular weight excluding hydrogens is 392 g/mol. The second-order valence-electron chi connectivity index (χ2n) is 5.45. The maximum atomic E-state index is 12.5.